The maximum absolute atomic E-state index is 5.25. The number of H-pyrrole nitrogens is 1. The minimum atomic E-state index is 0.463. The van der Waals surface area contributed by atoms with Crippen molar-refractivity contribution in [3.63, 3.8) is 0 Å². The predicted molar refractivity (Wildman–Crippen MR) is 97.0 cm³/mol. The summed E-state index contributed by atoms with van der Waals surface area (Å²) in [5.74, 6) is 0.694. The van der Waals surface area contributed by atoms with Crippen LogP contribution in [0.15, 0.2) is 65.8 Å². The molecule has 0 fully saturated rings. The van der Waals surface area contributed by atoms with Crippen LogP contribution >= 0.6 is 12.2 Å². The molecule has 0 aliphatic rings. The van der Waals surface area contributed by atoms with Gasteiger partial charge in [-0.1, -0.05) is 66.2 Å². The molecule has 23 heavy (non-hydrogen) atoms. The highest BCUT2D eigenvalue weighted by molar-refractivity contribution is 7.71. The van der Waals surface area contributed by atoms with Gasteiger partial charge in [-0.15, -0.1) is 0 Å². The number of rotatable bonds is 4. The van der Waals surface area contributed by atoms with E-state index in [1.807, 2.05) is 73.7 Å². The molecule has 0 aliphatic heterocycles. The lowest BCUT2D eigenvalue weighted by Crippen LogP contribution is -1.93. The predicted octanol–water partition coefficient (Wildman–Crippen LogP) is 4.46. The molecule has 2 aromatic carbocycles. The Hall–Kier alpha value is -2.79. The number of aromatic nitrogens is 3. The van der Waals surface area contributed by atoms with E-state index in [1.54, 1.807) is 10.9 Å². The highest BCUT2D eigenvalue weighted by atomic mass is 32.1. The van der Waals surface area contributed by atoms with Crippen molar-refractivity contribution >= 4 is 24.5 Å². The van der Waals surface area contributed by atoms with Crippen LogP contribution < -0.4 is 0 Å². The first-order valence-corrected chi connectivity index (χ1v) is 7.65. The highest BCUT2D eigenvalue weighted by Crippen LogP contribution is 2.17. The monoisotopic (exact) mass is 320 g/mol. The summed E-state index contributed by atoms with van der Waals surface area (Å²) in [5.41, 5.74) is 3.28. The van der Waals surface area contributed by atoms with Crippen molar-refractivity contribution in [2.24, 2.45) is 5.10 Å². The molecule has 0 saturated heterocycles. The molecular weight excluding hydrogens is 304 g/mol. The molecule has 1 heterocycles. The van der Waals surface area contributed by atoms with Gasteiger partial charge in [-0.3, -0.25) is 0 Å². The second-order valence-corrected chi connectivity index (χ2v) is 5.45. The van der Waals surface area contributed by atoms with Crippen molar-refractivity contribution in [1.29, 1.82) is 0 Å². The van der Waals surface area contributed by atoms with Gasteiger partial charge in [-0.25, -0.2) is 5.10 Å². The lowest BCUT2D eigenvalue weighted by Gasteiger charge is -2.00. The molecular formula is C18H16N4S. The molecule has 0 spiro atoms. The van der Waals surface area contributed by atoms with Crippen molar-refractivity contribution in [2.45, 2.75) is 6.92 Å². The maximum atomic E-state index is 5.25. The van der Waals surface area contributed by atoms with Gasteiger partial charge < -0.3 is 0 Å². The van der Waals surface area contributed by atoms with Crippen LogP contribution in [-0.2, 0) is 0 Å². The van der Waals surface area contributed by atoms with Gasteiger partial charge in [-0.2, -0.15) is 14.9 Å². The Morgan fingerprint density at radius 3 is 2.57 bits per heavy atom. The van der Waals surface area contributed by atoms with E-state index in [-0.39, 0.29) is 0 Å². The van der Waals surface area contributed by atoms with E-state index >= 15 is 0 Å². The molecule has 3 aromatic rings. The number of hydrogen-bond donors (Lipinski definition) is 1. The molecule has 3 rings (SSSR count). The Kier molecular flexibility index (Phi) is 4.59. The summed E-state index contributed by atoms with van der Waals surface area (Å²) in [5, 5.41) is 11.4. The topological polar surface area (TPSA) is 46.0 Å². The van der Waals surface area contributed by atoms with Gasteiger partial charge in [0.1, 0.15) is 0 Å². The van der Waals surface area contributed by atoms with Crippen molar-refractivity contribution in [3.05, 3.63) is 76.6 Å². The van der Waals surface area contributed by atoms with Crippen molar-refractivity contribution in [1.82, 2.24) is 14.9 Å². The molecule has 0 saturated carbocycles. The third-order valence-electron chi connectivity index (χ3n) is 3.32. The van der Waals surface area contributed by atoms with E-state index in [1.165, 1.54) is 5.56 Å². The molecule has 0 aliphatic carbocycles. The fourth-order valence-electron chi connectivity index (χ4n) is 2.11. The molecule has 1 N–H and O–H groups in total. The van der Waals surface area contributed by atoms with E-state index in [0.717, 1.165) is 11.1 Å². The first kappa shape index (κ1) is 15.1. The van der Waals surface area contributed by atoms with Gasteiger partial charge >= 0.3 is 0 Å². The smallest absolute Gasteiger partial charge is 0.216 e. The quantitative estimate of drug-likeness (QED) is 0.570. The van der Waals surface area contributed by atoms with Crippen LogP contribution in [0.3, 0.4) is 0 Å². The number of benzene rings is 2. The summed E-state index contributed by atoms with van der Waals surface area (Å²) in [7, 11) is 0. The summed E-state index contributed by atoms with van der Waals surface area (Å²) in [6.07, 6.45) is 5.57. The number of aryl methyl sites for hydroxylation is 1. The van der Waals surface area contributed by atoms with Crippen molar-refractivity contribution in [3.8, 4) is 11.4 Å². The van der Waals surface area contributed by atoms with E-state index in [0.29, 0.717) is 10.6 Å². The zero-order valence-corrected chi connectivity index (χ0v) is 13.5. The molecule has 0 unspecified atom stereocenters. The SMILES string of the molecule is Cc1ccc(-c2n[nH]c(=S)n2N=C/C=C/c2ccccc2)cc1. The number of aromatic amines is 1. The van der Waals surface area contributed by atoms with Gasteiger partial charge in [0.2, 0.25) is 4.77 Å². The van der Waals surface area contributed by atoms with Crippen molar-refractivity contribution in [2.75, 3.05) is 0 Å². The fraction of sp³-hybridized carbons (Fsp3) is 0.0556. The Morgan fingerprint density at radius 2 is 1.83 bits per heavy atom. The van der Waals surface area contributed by atoms with Gasteiger partial charge in [0.05, 0.1) is 0 Å². The average molecular weight is 320 g/mol. The zero-order valence-electron chi connectivity index (χ0n) is 12.7. The summed E-state index contributed by atoms with van der Waals surface area (Å²) in [4.78, 5) is 0. The Morgan fingerprint density at radius 1 is 1.09 bits per heavy atom. The normalized spacial score (nSPS) is 11.5. The molecule has 1 aromatic heterocycles. The van der Waals surface area contributed by atoms with Crippen LogP contribution in [0.25, 0.3) is 17.5 Å². The van der Waals surface area contributed by atoms with E-state index in [4.69, 9.17) is 12.2 Å². The van der Waals surface area contributed by atoms with Crippen molar-refractivity contribution < 1.29 is 0 Å². The molecule has 0 atom stereocenters. The standard InChI is InChI=1S/C18H16N4S/c1-14-9-11-16(12-10-14)17-20-21-18(23)22(17)19-13-5-8-15-6-3-2-4-7-15/h2-13H,1H3,(H,21,23)/b8-5+,19-13?. The highest BCUT2D eigenvalue weighted by Gasteiger charge is 2.07. The number of allylic oxidation sites excluding steroid dienone is 1. The number of nitrogens with one attached hydrogen (secondary N) is 1. The first-order valence-electron chi connectivity index (χ1n) is 7.24. The van der Waals surface area contributed by atoms with Crippen LogP contribution in [0.1, 0.15) is 11.1 Å². The Balaban J connectivity index is 1.84. The first-order chi connectivity index (χ1) is 11.2. The van der Waals surface area contributed by atoms with E-state index in [9.17, 15) is 0 Å². The molecule has 0 radical (unpaired) electrons. The third kappa shape index (κ3) is 3.70. The lowest BCUT2D eigenvalue weighted by atomic mass is 10.1. The fourth-order valence-corrected chi connectivity index (χ4v) is 2.29. The van der Waals surface area contributed by atoms with Gasteiger partial charge in [0.15, 0.2) is 5.82 Å². The molecule has 0 bridgehead atoms. The summed E-state index contributed by atoms with van der Waals surface area (Å²) < 4.78 is 2.08. The lowest BCUT2D eigenvalue weighted by molar-refractivity contribution is 0.872. The van der Waals surface area contributed by atoms with Crippen LogP contribution in [0.2, 0.25) is 0 Å². The average Bonchev–Trinajstić information content (AvgIpc) is 2.94. The van der Waals surface area contributed by atoms with Crippen LogP contribution in [-0.4, -0.2) is 21.1 Å². The Labute approximate surface area is 139 Å². The van der Waals surface area contributed by atoms with Crippen LogP contribution in [0.5, 0.6) is 0 Å². The molecule has 5 heteroatoms. The summed E-state index contributed by atoms with van der Waals surface area (Å²) >= 11 is 5.25. The Bertz CT molecular complexity index is 887. The third-order valence-corrected chi connectivity index (χ3v) is 3.58. The van der Waals surface area contributed by atoms with Crippen LogP contribution in [0, 0.1) is 11.7 Å². The molecule has 4 nitrogen and oxygen atoms in total. The van der Waals surface area contributed by atoms with Gasteiger partial charge in [-0.05, 0) is 30.8 Å². The minimum absolute atomic E-state index is 0.463. The van der Waals surface area contributed by atoms with E-state index in [2.05, 4.69) is 15.3 Å². The second kappa shape index (κ2) is 6.98. The van der Waals surface area contributed by atoms with Crippen LogP contribution in [0.4, 0.5) is 0 Å². The zero-order chi connectivity index (χ0) is 16.1. The largest absolute Gasteiger partial charge is 0.250 e. The number of hydrogen-bond acceptors (Lipinski definition) is 3. The second-order valence-electron chi connectivity index (χ2n) is 5.06. The molecule has 114 valence electrons. The molecule has 0 amide bonds. The minimum Gasteiger partial charge on any atom is -0.250 e. The summed E-state index contributed by atoms with van der Waals surface area (Å²) in [6.45, 7) is 2.05. The maximum Gasteiger partial charge on any atom is 0.216 e. The van der Waals surface area contributed by atoms with Gasteiger partial charge in [0.25, 0.3) is 0 Å². The summed E-state index contributed by atoms with van der Waals surface area (Å²) in [6, 6.07) is 18.1. The van der Waals surface area contributed by atoms with Gasteiger partial charge in [0, 0.05) is 11.8 Å². The van der Waals surface area contributed by atoms with E-state index < -0.39 is 0 Å². The number of nitrogens with zero attached hydrogens (tertiary/aromatic N) is 3.